The van der Waals surface area contributed by atoms with E-state index in [4.69, 9.17) is 14.2 Å². The number of pyridine rings is 1. The molecule has 1 amide bonds. The molecule has 0 saturated heterocycles. The number of benzene rings is 2. The first-order valence-electron chi connectivity index (χ1n) is 11.0. The zero-order chi connectivity index (χ0) is 22.9. The Kier molecular flexibility index (Phi) is 8.14. The minimum Gasteiger partial charge on any atom is -0.490 e. The molecule has 1 aromatic heterocycles. The standard InChI is InChI=1S/C25H30N2O5/c1-4-27-20-10-8-7-9-19(20)22(16-25(27)29)32-17-24(28)26-14-13-18-11-12-21(30-5-2)23(15-18)31-6-3/h7-12,15-16H,4-6,13-14,17H2,1-3H3,(H,26,28). The number of rotatable bonds is 11. The van der Waals surface area contributed by atoms with Gasteiger partial charge in [0.15, 0.2) is 18.1 Å². The molecule has 32 heavy (non-hydrogen) atoms. The second-order valence-electron chi connectivity index (χ2n) is 7.14. The van der Waals surface area contributed by atoms with Crippen LogP contribution in [0, 0.1) is 0 Å². The first kappa shape index (κ1) is 23.2. The summed E-state index contributed by atoms with van der Waals surface area (Å²) < 4.78 is 18.6. The Morgan fingerprint density at radius 2 is 1.66 bits per heavy atom. The van der Waals surface area contributed by atoms with Gasteiger partial charge in [-0.05, 0) is 57.0 Å². The second-order valence-corrected chi connectivity index (χ2v) is 7.14. The molecule has 0 atom stereocenters. The number of hydrogen-bond acceptors (Lipinski definition) is 5. The van der Waals surface area contributed by atoms with Crippen molar-refractivity contribution in [1.29, 1.82) is 0 Å². The van der Waals surface area contributed by atoms with E-state index in [1.807, 2.05) is 63.2 Å². The number of carbonyl (C=O) groups is 1. The highest BCUT2D eigenvalue weighted by Crippen LogP contribution is 2.28. The maximum atomic E-state index is 12.4. The lowest BCUT2D eigenvalue weighted by atomic mass is 10.1. The first-order valence-corrected chi connectivity index (χ1v) is 11.0. The normalized spacial score (nSPS) is 10.7. The number of aryl methyl sites for hydroxylation is 1. The molecule has 0 aliphatic rings. The maximum absolute atomic E-state index is 12.4. The van der Waals surface area contributed by atoms with Gasteiger partial charge in [0.05, 0.1) is 18.7 Å². The lowest BCUT2D eigenvalue weighted by molar-refractivity contribution is -0.123. The highest BCUT2D eigenvalue weighted by molar-refractivity contribution is 5.86. The van der Waals surface area contributed by atoms with Crippen molar-refractivity contribution in [3.8, 4) is 17.2 Å². The molecule has 0 saturated carbocycles. The van der Waals surface area contributed by atoms with E-state index in [1.165, 1.54) is 6.07 Å². The molecule has 1 heterocycles. The van der Waals surface area contributed by atoms with E-state index in [0.29, 0.717) is 50.0 Å². The molecular weight excluding hydrogens is 408 g/mol. The van der Waals surface area contributed by atoms with Crippen LogP contribution in [0.2, 0.25) is 0 Å². The number of aromatic nitrogens is 1. The van der Waals surface area contributed by atoms with Crippen LogP contribution in [0.15, 0.2) is 53.3 Å². The molecule has 0 aliphatic heterocycles. The van der Waals surface area contributed by atoms with E-state index in [2.05, 4.69) is 5.32 Å². The van der Waals surface area contributed by atoms with Crippen LogP contribution >= 0.6 is 0 Å². The molecule has 3 rings (SSSR count). The van der Waals surface area contributed by atoms with Crippen molar-refractivity contribution in [2.75, 3.05) is 26.4 Å². The van der Waals surface area contributed by atoms with Gasteiger partial charge >= 0.3 is 0 Å². The maximum Gasteiger partial charge on any atom is 0.257 e. The number of nitrogens with zero attached hydrogens (tertiary/aromatic N) is 1. The monoisotopic (exact) mass is 438 g/mol. The van der Waals surface area contributed by atoms with Crippen molar-refractivity contribution >= 4 is 16.8 Å². The average Bonchev–Trinajstić information content (AvgIpc) is 2.79. The minimum absolute atomic E-state index is 0.151. The predicted octanol–water partition coefficient (Wildman–Crippen LogP) is 3.56. The Morgan fingerprint density at radius 1 is 0.906 bits per heavy atom. The molecule has 7 heteroatoms. The topological polar surface area (TPSA) is 78.8 Å². The van der Waals surface area contributed by atoms with Crippen molar-refractivity contribution in [3.63, 3.8) is 0 Å². The lowest BCUT2D eigenvalue weighted by Gasteiger charge is -2.14. The van der Waals surface area contributed by atoms with Gasteiger partial charge in [0.2, 0.25) is 0 Å². The van der Waals surface area contributed by atoms with E-state index in [9.17, 15) is 9.59 Å². The number of para-hydroxylation sites is 1. The van der Waals surface area contributed by atoms with Crippen LogP contribution in [0.25, 0.3) is 10.9 Å². The summed E-state index contributed by atoms with van der Waals surface area (Å²) >= 11 is 0. The summed E-state index contributed by atoms with van der Waals surface area (Å²) in [6, 6.07) is 14.7. The van der Waals surface area contributed by atoms with Gasteiger partial charge in [-0.2, -0.15) is 0 Å². The Bertz CT molecular complexity index is 1120. The van der Waals surface area contributed by atoms with Gasteiger partial charge < -0.3 is 24.1 Å². The quantitative estimate of drug-likeness (QED) is 0.495. The van der Waals surface area contributed by atoms with E-state index in [-0.39, 0.29) is 18.1 Å². The van der Waals surface area contributed by atoms with Gasteiger partial charge in [-0.25, -0.2) is 0 Å². The van der Waals surface area contributed by atoms with Gasteiger partial charge in [-0.3, -0.25) is 9.59 Å². The minimum atomic E-state index is -0.246. The van der Waals surface area contributed by atoms with Gasteiger partial charge in [-0.1, -0.05) is 18.2 Å². The van der Waals surface area contributed by atoms with Gasteiger partial charge in [0, 0.05) is 24.5 Å². The van der Waals surface area contributed by atoms with E-state index < -0.39 is 0 Å². The van der Waals surface area contributed by atoms with E-state index in [1.54, 1.807) is 4.57 Å². The zero-order valence-electron chi connectivity index (χ0n) is 18.8. The third-order valence-corrected chi connectivity index (χ3v) is 5.00. The summed E-state index contributed by atoms with van der Waals surface area (Å²) in [5.74, 6) is 1.59. The Balaban J connectivity index is 1.57. The van der Waals surface area contributed by atoms with E-state index >= 15 is 0 Å². The second kappa shape index (κ2) is 11.2. The average molecular weight is 439 g/mol. The Labute approximate surface area is 187 Å². The van der Waals surface area contributed by atoms with Crippen LogP contribution in [0.4, 0.5) is 0 Å². The fourth-order valence-corrected chi connectivity index (χ4v) is 3.54. The van der Waals surface area contributed by atoms with Crippen LogP contribution in [0.1, 0.15) is 26.3 Å². The number of ether oxygens (including phenoxy) is 3. The summed E-state index contributed by atoms with van der Waals surface area (Å²) in [6.45, 7) is 7.76. The summed E-state index contributed by atoms with van der Waals surface area (Å²) in [6.07, 6.45) is 0.647. The predicted molar refractivity (Wildman–Crippen MR) is 125 cm³/mol. The Hall–Kier alpha value is -3.48. The molecular formula is C25H30N2O5. The smallest absolute Gasteiger partial charge is 0.257 e. The third kappa shape index (κ3) is 5.60. The van der Waals surface area contributed by atoms with Gasteiger partial charge in [0.25, 0.3) is 11.5 Å². The van der Waals surface area contributed by atoms with Crippen molar-refractivity contribution < 1.29 is 19.0 Å². The number of hydrogen-bond donors (Lipinski definition) is 1. The zero-order valence-corrected chi connectivity index (χ0v) is 18.8. The van der Waals surface area contributed by atoms with Crippen LogP contribution in [-0.4, -0.2) is 36.8 Å². The molecule has 0 aliphatic carbocycles. The van der Waals surface area contributed by atoms with Gasteiger partial charge in [0.1, 0.15) is 5.75 Å². The van der Waals surface area contributed by atoms with Crippen molar-refractivity contribution in [3.05, 3.63) is 64.4 Å². The number of amides is 1. The largest absolute Gasteiger partial charge is 0.490 e. The molecule has 0 radical (unpaired) electrons. The molecule has 3 aromatic rings. The number of nitrogens with one attached hydrogen (secondary N) is 1. The molecule has 7 nitrogen and oxygen atoms in total. The van der Waals surface area contributed by atoms with Crippen molar-refractivity contribution in [2.24, 2.45) is 0 Å². The SMILES string of the molecule is CCOc1ccc(CCNC(=O)COc2cc(=O)n(CC)c3ccccc23)cc1OCC. The molecule has 0 fully saturated rings. The molecule has 170 valence electrons. The summed E-state index contributed by atoms with van der Waals surface area (Å²) in [5, 5.41) is 3.66. The van der Waals surface area contributed by atoms with E-state index in [0.717, 1.165) is 16.5 Å². The highest BCUT2D eigenvalue weighted by atomic mass is 16.5. The highest BCUT2D eigenvalue weighted by Gasteiger charge is 2.11. The first-order chi connectivity index (χ1) is 15.6. The lowest BCUT2D eigenvalue weighted by Crippen LogP contribution is -2.31. The fourth-order valence-electron chi connectivity index (χ4n) is 3.54. The molecule has 1 N–H and O–H groups in total. The third-order valence-electron chi connectivity index (χ3n) is 5.00. The summed E-state index contributed by atoms with van der Waals surface area (Å²) in [7, 11) is 0. The van der Waals surface area contributed by atoms with Crippen LogP contribution < -0.4 is 25.1 Å². The van der Waals surface area contributed by atoms with Crippen LogP contribution in [0.5, 0.6) is 17.2 Å². The fraction of sp³-hybridized carbons (Fsp3) is 0.360. The number of fused-ring (bicyclic) bond motifs is 1. The molecule has 0 spiro atoms. The molecule has 2 aromatic carbocycles. The Morgan fingerprint density at radius 3 is 2.41 bits per heavy atom. The molecule has 0 unspecified atom stereocenters. The van der Waals surface area contributed by atoms with Crippen LogP contribution in [0.3, 0.4) is 0 Å². The van der Waals surface area contributed by atoms with Crippen LogP contribution in [-0.2, 0) is 17.8 Å². The van der Waals surface area contributed by atoms with Gasteiger partial charge in [-0.15, -0.1) is 0 Å². The molecule has 0 bridgehead atoms. The summed E-state index contributed by atoms with van der Waals surface area (Å²) in [5.41, 5.74) is 1.67. The summed E-state index contributed by atoms with van der Waals surface area (Å²) in [4.78, 5) is 24.7. The van der Waals surface area contributed by atoms with Crippen molar-refractivity contribution in [1.82, 2.24) is 9.88 Å². The number of carbonyl (C=O) groups excluding carboxylic acids is 1. The van der Waals surface area contributed by atoms with Crippen molar-refractivity contribution in [2.45, 2.75) is 33.7 Å².